The zero-order valence-electron chi connectivity index (χ0n) is 20.4. The number of aromatic nitrogens is 2. The lowest BCUT2D eigenvalue weighted by molar-refractivity contribution is -0.137. The number of benzene rings is 3. The maximum absolute atomic E-state index is 13.6. The fourth-order valence-electron chi connectivity index (χ4n) is 5.00. The molecule has 2 heterocycles. The summed E-state index contributed by atoms with van der Waals surface area (Å²) in [6.07, 6.45) is 3.88. The molecule has 0 spiro atoms. The second-order valence-corrected chi connectivity index (χ2v) is 9.83. The first kappa shape index (κ1) is 24.9. The van der Waals surface area contributed by atoms with Crippen molar-refractivity contribution in [1.29, 1.82) is 0 Å². The second-order valence-electron chi connectivity index (χ2n) is 9.40. The van der Waals surface area contributed by atoms with Gasteiger partial charge in [0.25, 0.3) is 5.91 Å². The Morgan fingerprint density at radius 1 is 0.946 bits per heavy atom. The summed E-state index contributed by atoms with van der Waals surface area (Å²) in [4.78, 5) is 36.3. The summed E-state index contributed by atoms with van der Waals surface area (Å²) in [5.74, 6) is -0.804. The molecule has 4 aromatic rings. The quantitative estimate of drug-likeness (QED) is 0.264. The van der Waals surface area contributed by atoms with Crippen LogP contribution in [0.3, 0.4) is 0 Å². The minimum atomic E-state index is -0.804. The van der Waals surface area contributed by atoms with Crippen molar-refractivity contribution < 1.29 is 14.7 Å². The van der Waals surface area contributed by atoms with Gasteiger partial charge < -0.3 is 10.0 Å². The Bertz CT molecular complexity index is 1420. The monoisotopic (exact) mass is 513 g/mol. The van der Waals surface area contributed by atoms with Crippen LogP contribution in [0.1, 0.15) is 59.8 Å². The number of unbranched alkanes of at least 4 members (excludes halogenated alkanes) is 1. The van der Waals surface area contributed by atoms with Gasteiger partial charge in [0.2, 0.25) is 0 Å². The zero-order valence-corrected chi connectivity index (χ0v) is 21.2. The van der Waals surface area contributed by atoms with Crippen molar-refractivity contribution in [3.05, 3.63) is 94.6 Å². The number of amides is 1. The summed E-state index contributed by atoms with van der Waals surface area (Å²) in [6.45, 7) is 0.729. The van der Waals surface area contributed by atoms with Crippen LogP contribution < -0.4 is 0 Å². The van der Waals surface area contributed by atoms with E-state index in [-0.39, 0.29) is 18.4 Å². The van der Waals surface area contributed by atoms with Gasteiger partial charge in [0.15, 0.2) is 0 Å². The lowest BCUT2D eigenvalue weighted by Crippen LogP contribution is -2.30. The molecule has 1 N–H and O–H groups in total. The molecule has 0 aliphatic carbocycles. The van der Waals surface area contributed by atoms with E-state index in [2.05, 4.69) is 12.1 Å². The van der Waals surface area contributed by atoms with Gasteiger partial charge in [0, 0.05) is 29.1 Å². The standard InChI is InChI=1S/C30H28ClN3O3/c31-23-15-12-21(13-16-23)29-25(9-4-5-11-28(35)36)32-26-19-22(14-17-24(26)33-29)30(37)34-18-6-10-27(34)20-7-2-1-3-8-20/h1-3,7-8,12-17,19,27H,4-6,9-11,18H2,(H,35,36). The van der Waals surface area contributed by atoms with E-state index in [1.807, 2.05) is 65.6 Å². The fourth-order valence-corrected chi connectivity index (χ4v) is 5.13. The van der Waals surface area contributed by atoms with Crippen molar-refractivity contribution in [2.45, 2.75) is 44.6 Å². The Hall–Kier alpha value is -3.77. The lowest BCUT2D eigenvalue weighted by Gasteiger charge is -2.25. The molecule has 1 aliphatic rings. The van der Waals surface area contributed by atoms with Crippen LogP contribution in [-0.2, 0) is 11.2 Å². The number of likely N-dealkylation sites (tertiary alicyclic amines) is 1. The molecule has 1 aromatic heterocycles. The van der Waals surface area contributed by atoms with E-state index < -0.39 is 5.97 Å². The Kier molecular flexibility index (Phi) is 7.47. The number of rotatable bonds is 8. The van der Waals surface area contributed by atoms with Gasteiger partial charge in [-0.25, -0.2) is 9.97 Å². The van der Waals surface area contributed by atoms with Crippen LogP contribution in [0.4, 0.5) is 0 Å². The van der Waals surface area contributed by atoms with Crippen molar-refractivity contribution in [2.24, 2.45) is 0 Å². The molecule has 7 heteroatoms. The third-order valence-corrected chi connectivity index (χ3v) is 7.11. The van der Waals surface area contributed by atoms with Crippen LogP contribution in [0.2, 0.25) is 5.02 Å². The van der Waals surface area contributed by atoms with E-state index in [4.69, 9.17) is 26.7 Å². The highest BCUT2D eigenvalue weighted by Crippen LogP contribution is 2.33. The molecule has 1 atom stereocenters. The molecule has 6 nitrogen and oxygen atoms in total. The molecular weight excluding hydrogens is 486 g/mol. The number of carbonyl (C=O) groups is 2. The van der Waals surface area contributed by atoms with Crippen LogP contribution in [-0.4, -0.2) is 38.4 Å². The van der Waals surface area contributed by atoms with Gasteiger partial charge in [-0.05, 0) is 68.0 Å². The summed E-state index contributed by atoms with van der Waals surface area (Å²) in [6, 6.07) is 23.2. The largest absolute Gasteiger partial charge is 0.481 e. The third kappa shape index (κ3) is 5.65. The molecule has 3 aromatic carbocycles. The normalized spacial score (nSPS) is 15.3. The predicted molar refractivity (Wildman–Crippen MR) is 145 cm³/mol. The topological polar surface area (TPSA) is 83.4 Å². The van der Waals surface area contributed by atoms with E-state index in [1.54, 1.807) is 0 Å². The highest BCUT2D eigenvalue weighted by atomic mass is 35.5. The number of aryl methyl sites for hydroxylation is 1. The van der Waals surface area contributed by atoms with E-state index in [9.17, 15) is 9.59 Å². The van der Waals surface area contributed by atoms with Gasteiger partial charge in [-0.15, -0.1) is 0 Å². The third-order valence-electron chi connectivity index (χ3n) is 6.85. The lowest BCUT2D eigenvalue weighted by atomic mass is 10.0. The SMILES string of the molecule is O=C(O)CCCCc1nc2cc(C(=O)N3CCCC3c3ccccc3)ccc2nc1-c1ccc(Cl)cc1. The minimum absolute atomic E-state index is 0.000149. The number of carbonyl (C=O) groups excluding carboxylic acids is 1. The summed E-state index contributed by atoms with van der Waals surface area (Å²) < 4.78 is 0. The van der Waals surface area contributed by atoms with Crippen LogP contribution >= 0.6 is 11.6 Å². The average Bonchev–Trinajstić information content (AvgIpc) is 3.41. The van der Waals surface area contributed by atoms with Crippen molar-refractivity contribution in [3.8, 4) is 11.3 Å². The average molecular weight is 514 g/mol. The maximum Gasteiger partial charge on any atom is 0.303 e. The number of aliphatic carboxylic acids is 1. The van der Waals surface area contributed by atoms with Crippen molar-refractivity contribution in [2.75, 3.05) is 6.54 Å². The summed E-state index contributed by atoms with van der Waals surface area (Å²) in [7, 11) is 0. The number of nitrogens with zero attached hydrogens (tertiary/aromatic N) is 3. The Balaban J connectivity index is 1.47. The molecule has 0 radical (unpaired) electrons. The number of halogens is 1. The highest BCUT2D eigenvalue weighted by molar-refractivity contribution is 6.30. The number of carboxylic acid groups (broad SMARTS) is 1. The number of fused-ring (bicyclic) bond motifs is 1. The first-order chi connectivity index (χ1) is 18.0. The molecule has 188 valence electrons. The molecule has 1 unspecified atom stereocenters. The van der Waals surface area contributed by atoms with Gasteiger partial charge in [-0.2, -0.15) is 0 Å². The van der Waals surface area contributed by atoms with E-state index >= 15 is 0 Å². The van der Waals surface area contributed by atoms with Gasteiger partial charge >= 0.3 is 5.97 Å². The molecule has 1 aliphatic heterocycles. The van der Waals surface area contributed by atoms with Crippen molar-refractivity contribution in [1.82, 2.24) is 14.9 Å². The minimum Gasteiger partial charge on any atom is -0.481 e. The molecule has 1 fully saturated rings. The number of hydrogen-bond acceptors (Lipinski definition) is 4. The van der Waals surface area contributed by atoms with Gasteiger partial charge in [0.1, 0.15) is 0 Å². The molecule has 0 saturated carbocycles. The zero-order chi connectivity index (χ0) is 25.8. The molecule has 1 saturated heterocycles. The van der Waals surface area contributed by atoms with Gasteiger partial charge in [-0.3, -0.25) is 9.59 Å². The molecule has 5 rings (SSSR count). The van der Waals surface area contributed by atoms with Crippen LogP contribution in [0.25, 0.3) is 22.3 Å². The highest BCUT2D eigenvalue weighted by Gasteiger charge is 2.30. The predicted octanol–water partition coefficient (Wildman–Crippen LogP) is 6.72. The maximum atomic E-state index is 13.6. The van der Waals surface area contributed by atoms with E-state index in [0.717, 1.165) is 41.9 Å². The molecular formula is C30H28ClN3O3. The van der Waals surface area contributed by atoms with Gasteiger partial charge in [-0.1, -0.05) is 54.1 Å². The summed E-state index contributed by atoms with van der Waals surface area (Å²) in [5, 5.41) is 9.64. The van der Waals surface area contributed by atoms with Gasteiger partial charge in [0.05, 0.1) is 28.5 Å². The fraction of sp³-hybridized carbons (Fsp3) is 0.267. The van der Waals surface area contributed by atoms with Crippen LogP contribution in [0, 0.1) is 0 Å². The number of hydrogen-bond donors (Lipinski definition) is 1. The van der Waals surface area contributed by atoms with E-state index in [0.29, 0.717) is 40.9 Å². The Morgan fingerprint density at radius 3 is 2.49 bits per heavy atom. The van der Waals surface area contributed by atoms with Crippen molar-refractivity contribution >= 4 is 34.5 Å². The van der Waals surface area contributed by atoms with E-state index in [1.165, 1.54) is 0 Å². The Labute approximate surface area is 220 Å². The second kappa shape index (κ2) is 11.1. The molecule has 1 amide bonds. The van der Waals surface area contributed by atoms with Crippen LogP contribution in [0.15, 0.2) is 72.8 Å². The summed E-state index contributed by atoms with van der Waals surface area (Å²) in [5.41, 5.74) is 5.56. The molecule has 37 heavy (non-hydrogen) atoms. The first-order valence-corrected chi connectivity index (χ1v) is 13.0. The van der Waals surface area contributed by atoms with Crippen molar-refractivity contribution in [3.63, 3.8) is 0 Å². The smallest absolute Gasteiger partial charge is 0.303 e. The Morgan fingerprint density at radius 2 is 1.73 bits per heavy atom. The first-order valence-electron chi connectivity index (χ1n) is 12.6. The summed E-state index contributed by atoms with van der Waals surface area (Å²) >= 11 is 6.09. The number of carboxylic acids is 1. The molecule has 0 bridgehead atoms. The van der Waals surface area contributed by atoms with Crippen LogP contribution in [0.5, 0.6) is 0 Å².